The number of benzene rings is 1. The van der Waals surface area contributed by atoms with E-state index in [2.05, 4.69) is 21.4 Å². The third-order valence-electron chi connectivity index (χ3n) is 2.85. The molecule has 2 N–H and O–H groups in total. The molecule has 0 saturated carbocycles. The minimum absolute atomic E-state index is 0.724. The molecular formula is C14H12N4S. The minimum Gasteiger partial charge on any atom is -0.380 e. The summed E-state index contributed by atoms with van der Waals surface area (Å²) in [5.74, 6) is 0.920. The highest BCUT2D eigenvalue weighted by molar-refractivity contribution is 7.10. The Labute approximate surface area is 114 Å². The van der Waals surface area contributed by atoms with Gasteiger partial charge in [-0.2, -0.15) is 5.26 Å². The highest BCUT2D eigenvalue weighted by Gasteiger charge is 2.02. The lowest BCUT2D eigenvalue weighted by Crippen LogP contribution is -1.96. The van der Waals surface area contributed by atoms with Crippen LogP contribution in [0.1, 0.15) is 16.3 Å². The van der Waals surface area contributed by atoms with E-state index < -0.39 is 0 Å². The molecule has 3 rings (SSSR count). The fraction of sp³-hybridized carbons (Fsp3) is 0.143. The molecule has 0 aliphatic heterocycles. The summed E-state index contributed by atoms with van der Waals surface area (Å²) in [5, 5.41) is 14.0. The van der Waals surface area contributed by atoms with Crippen LogP contribution in [0.15, 0.2) is 29.6 Å². The van der Waals surface area contributed by atoms with Crippen molar-refractivity contribution < 1.29 is 0 Å². The van der Waals surface area contributed by atoms with Crippen molar-refractivity contribution in [1.82, 2.24) is 9.97 Å². The molecule has 0 aliphatic rings. The molecule has 0 atom stereocenters. The highest BCUT2D eigenvalue weighted by Crippen LogP contribution is 2.19. The Balaban J connectivity index is 1.76. The molecule has 4 nitrogen and oxygen atoms in total. The summed E-state index contributed by atoms with van der Waals surface area (Å²) >= 11 is 1.60. The first-order valence-electron chi connectivity index (χ1n) is 5.92. The van der Waals surface area contributed by atoms with Gasteiger partial charge in [0.05, 0.1) is 16.6 Å². The van der Waals surface area contributed by atoms with Crippen LogP contribution in [0, 0.1) is 18.3 Å². The van der Waals surface area contributed by atoms with Crippen molar-refractivity contribution >= 4 is 28.1 Å². The van der Waals surface area contributed by atoms with Crippen molar-refractivity contribution in [2.24, 2.45) is 0 Å². The normalized spacial score (nSPS) is 10.5. The van der Waals surface area contributed by atoms with Gasteiger partial charge < -0.3 is 10.3 Å². The lowest BCUT2D eigenvalue weighted by Gasteiger charge is -2.04. The van der Waals surface area contributed by atoms with Gasteiger partial charge in [-0.25, -0.2) is 4.98 Å². The van der Waals surface area contributed by atoms with Gasteiger partial charge in [-0.05, 0) is 31.2 Å². The summed E-state index contributed by atoms with van der Waals surface area (Å²) in [7, 11) is 0. The fourth-order valence-corrected chi connectivity index (χ4v) is 2.72. The summed E-state index contributed by atoms with van der Waals surface area (Å²) in [6.45, 7) is 2.67. The van der Waals surface area contributed by atoms with Gasteiger partial charge in [0, 0.05) is 22.5 Å². The maximum atomic E-state index is 8.78. The van der Waals surface area contributed by atoms with E-state index in [4.69, 9.17) is 5.26 Å². The van der Waals surface area contributed by atoms with Crippen LogP contribution in [-0.4, -0.2) is 9.97 Å². The maximum absolute atomic E-state index is 8.78. The van der Waals surface area contributed by atoms with Crippen molar-refractivity contribution in [3.63, 3.8) is 0 Å². The number of aromatic nitrogens is 2. The fourth-order valence-electron chi connectivity index (χ4n) is 1.97. The number of fused-ring (bicyclic) bond motifs is 1. The second kappa shape index (κ2) is 4.75. The van der Waals surface area contributed by atoms with E-state index in [0.29, 0.717) is 0 Å². The Bertz CT molecular complexity index is 763. The van der Waals surface area contributed by atoms with Crippen LogP contribution in [0.4, 0.5) is 5.69 Å². The summed E-state index contributed by atoms with van der Waals surface area (Å²) in [6.07, 6.45) is 0. The zero-order valence-electron chi connectivity index (χ0n) is 10.4. The molecule has 0 radical (unpaired) electrons. The van der Waals surface area contributed by atoms with Crippen LogP contribution in [0.3, 0.4) is 0 Å². The predicted octanol–water partition coefficient (Wildman–Crippen LogP) is 3.42. The van der Waals surface area contributed by atoms with Crippen molar-refractivity contribution in [1.29, 1.82) is 5.26 Å². The number of hydrogen-bond donors (Lipinski definition) is 2. The number of H-pyrrole nitrogens is 1. The van der Waals surface area contributed by atoms with E-state index in [1.165, 1.54) is 0 Å². The van der Waals surface area contributed by atoms with Crippen molar-refractivity contribution in [2.45, 2.75) is 13.5 Å². The molecule has 94 valence electrons. The number of hydrogen-bond acceptors (Lipinski definition) is 4. The van der Waals surface area contributed by atoms with Crippen LogP contribution < -0.4 is 5.32 Å². The molecule has 5 heteroatoms. The number of rotatable bonds is 3. The van der Waals surface area contributed by atoms with Gasteiger partial charge in [-0.3, -0.25) is 0 Å². The van der Waals surface area contributed by atoms with Gasteiger partial charge in [0.25, 0.3) is 0 Å². The minimum atomic E-state index is 0.724. The van der Waals surface area contributed by atoms with Gasteiger partial charge >= 0.3 is 0 Å². The van der Waals surface area contributed by atoms with E-state index in [0.717, 1.165) is 39.5 Å². The Morgan fingerprint density at radius 1 is 1.42 bits per heavy atom. The van der Waals surface area contributed by atoms with Gasteiger partial charge in [0.1, 0.15) is 11.9 Å². The predicted molar refractivity (Wildman–Crippen MR) is 77.2 cm³/mol. The Morgan fingerprint density at radius 2 is 2.32 bits per heavy atom. The van der Waals surface area contributed by atoms with Gasteiger partial charge in [-0.1, -0.05) is 0 Å². The number of imidazole rings is 1. The molecule has 0 saturated heterocycles. The van der Waals surface area contributed by atoms with Crippen LogP contribution in [0.25, 0.3) is 11.0 Å². The van der Waals surface area contributed by atoms with Gasteiger partial charge in [0.2, 0.25) is 0 Å². The summed E-state index contributed by atoms with van der Waals surface area (Å²) in [4.78, 5) is 8.74. The Kier molecular flexibility index (Phi) is 2.94. The molecule has 2 aromatic heterocycles. The standard InChI is InChI=1S/C14H12N4S/c1-9-17-13-3-2-11(5-14(13)18-9)16-7-12-4-10(6-15)8-19-12/h2-5,8,16H,7H2,1H3,(H,17,18). The quantitative estimate of drug-likeness (QED) is 0.765. The van der Waals surface area contributed by atoms with Crippen molar-refractivity contribution in [3.8, 4) is 6.07 Å². The molecule has 19 heavy (non-hydrogen) atoms. The molecule has 0 aliphatic carbocycles. The number of aromatic amines is 1. The lowest BCUT2D eigenvalue weighted by atomic mass is 10.2. The first-order chi connectivity index (χ1) is 9.24. The number of nitrogens with zero attached hydrogens (tertiary/aromatic N) is 2. The smallest absolute Gasteiger partial charge is 0.104 e. The van der Waals surface area contributed by atoms with E-state index in [-0.39, 0.29) is 0 Å². The monoisotopic (exact) mass is 268 g/mol. The summed E-state index contributed by atoms with van der Waals surface area (Å²) in [6, 6.07) is 10.1. The largest absolute Gasteiger partial charge is 0.380 e. The van der Waals surface area contributed by atoms with E-state index in [1.807, 2.05) is 36.6 Å². The van der Waals surface area contributed by atoms with Crippen LogP contribution in [0.5, 0.6) is 0 Å². The van der Waals surface area contributed by atoms with Crippen molar-refractivity contribution in [3.05, 3.63) is 45.9 Å². The van der Waals surface area contributed by atoms with Gasteiger partial charge in [0.15, 0.2) is 0 Å². The SMILES string of the molecule is Cc1nc2ccc(NCc3cc(C#N)cs3)cc2[nH]1. The molecule has 3 aromatic rings. The van der Waals surface area contributed by atoms with E-state index in [9.17, 15) is 0 Å². The third kappa shape index (κ3) is 2.44. The van der Waals surface area contributed by atoms with Crippen LogP contribution in [0.2, 0.25) is 0 Å². The molecule has 0 amide bonds. The first-order valence-corrected chi connectivity index (χ1v) is 6.80. The third-order valence-corrected chi connectivity index (χ3v) is 3.79. The zero-order chi connectivity index (χ0) is 13.2. The molecule has 0 fully saturated rings. The topological polar surface area (TPSA) is 64.5 Å². The van der Waals surface area contributed by atoms with Crippen molar-refractivity contribution in [2.75, 3.05) is 5.32 Å². The molecule has 0 bridgehead atoms. The number of thiophene rings is 1. The van der Waals surface area contributed by atoms with Crippen LogP contribution >= 0.6 is 11.3 Å². The molecule has 1 aromatic carbocycles. The number of aryl methyl sites for hydroxylation is 1. The molecule has 2 heterocycles. The summed E-state index contributed by atoms with van der Waals surface area (Å²) < 4.78 is 0. The molecule has 0 unspecified atom stereocenters. The summed E-state index contributed by atoms with van der Waals surface area (Å²) in [5.41, 5.74) is 3.78. The Hall–Kier alpha value is -2.32. The number of nitrogens with one attached hydrogen (secondary N) is 2. The molecular weight excluding hydrogens is 256 g/mol. The second-order valence-electron chi connectivity index (χ2n) is 4.32. The molecule has 0 spiro atoms. The van der Waals surface area contributed by atoms with Gasteiger partial charge in [-0.15, -0.1) is 11.3 Å². The lowest BCUT2D eigenvalue weighted by molar-refractivity contribution is 1.17. The average molecular weight is 268 g/mol. The highest BCUT2D eigenvalue weighted by atomic mass is 32.1. The van der Waals surface area contributed by atoms with E-state index in [1.54, 1.807) is 11.3 Å². The zero-order valence-corrected chi connectivity index (χ0v) is 11.2. The maximum Gasteiger partial charge on any atom is 0.104 e. The van der Waals surface area contributed by atoms with Crippen LogP contribution in [-0.2, 0) is 6.54 Å². The second-order valence-corrected chi connectivity index (χ2v) is 5.32. The first kappa shape index (κ1) is 11.8. The Morgan fingerprint density at radius 3 is 3.11 bits per heavy atom. The number of nitriles is 1. The average Bonchev–Trinajstić information content (AvgIpc) is 3.00. The van der Waals surface area contributed by atoms with E-state index >= 15 is 0 Å². The number of anilines is 1.